The van der Waals surface area contributed by atoms with Crippen LogP contribution in [0.25, 0.3) is 10.8 Å². The minimum absolute atomic E-state index is 0.343. The largest absolute Gasteiger partial charge is 0.374 e. The topological polar surface area (TPSA) is 55.4 Å². The number of hydrogen-bond donors (Lipinski definition) is 0. The molecule has 2 aliphatic heterocycles. The maximum atomic E-state index is 6.66. The van der Waals surface area contributed by atoms with Crippen molar-refractivity contribution in [1.82, 2.24) is 0 Å². The standard InChI is InChI=1S/C39H38O6/c1-4-12-28(13-5-1)24-41-36-35-34(27-40-23-31-20-21-32-18-10-11-19-33(32)22-31)44-39(45-35)38(43-26-30-16-8-3-9-17-30)37(36)42-25-29-14-6-2-7-15-29/h1-22,34-39H,23-27H2/t34-,35+,36+,37+,38-,39+/m1/s1. The van der Waals surface area contributed by atoms with Gasteiger partial charge in [-0.1, -0.05) is 127 Å². The van der Waals surface area contributed by atoms with Gasteiger partial charge in [-0.05, 0) is 39.1 Å². The summed E-state index contributed by atoms with van der Waals surface area (Å²) in [6, 6.07) is 45.2. The van der Waals surface area contributed by atoms with Gasteiger partial charge in [-0.2, -0.15) is 0 Å². The molecule has 0 radical (unpaired) electrons. The number of hydrogen-bond acceptors (Lipinski definition) is 6. The molecule has 7 rings (SSSR count). The van der Waals surface area contributed by atoms with E-state index in [4.69, 9.17) is 28.4 Å². The van der Waals surface area contributed by atoms with Gasteiger partial charge in [0.1, 0.15) is 30.5 Å². The van der Waals surface area contributed by atoms with Crippen LogP contribution in [-0.2, 0) is 54.8 Å². The lowest BCUT2D eigenvalue weighted by Gasteiger charge is -2.40. The van der Waals surface area contributed by atoms with Gasteiger partial charge in [0.25, 0.3) is 0 Å². The molecule has 0 N–H and O–H groups in total. The molecule has 0 aromatic heterocycles. The molecule has 5 aromatic carbocycles. The van der Waals surface area contributed by atoms with Crippen molar-refractivity contribution >= 4 is 10.8 Å². The molecule has 5 aromatic rings. The van der Waals surface area contributed by atoms with Crippen molar-refractivity contribution < 1.29 is 28.4 Å². The maximum absolute atomic E-state index is 6.66. The highest BCUT2D eigenvalue weighted by atomic mass is 16.8. The number of ether oxygens (including phenoxy) is 6. The predicted octanol–water partition coefficient (Wildman–Crippen LogP) is 7.24. The van der Waals surface area contributed by atoms with Gasteiger partial charge in [0.05, 0.1) is 33.0 Å². The summed E-state index contributed by atoms with van der Waals surface area (Å²) in [6.07, 6.45) is -2.70. The van der Waals surface area contributed by atoms with Crippen molar-refractivity contribution in [2.24, 2.45) is 0 Å². The van der Waals surface area contributed by atoms with E-state index in [0.29, 0.717) is 33.0 Å². The van der Waals surface area contributed by atoms with Crippen molar-refractivity contribution in [1.29, 1.82) is 0 Å². The fraction of sp³-hybridized carbons (Fsp3) is 0.282. The molecule has 45 heavy (non-hydrogen) atoms. The van der Waals surface area contributed by atoms with E-state index in [1.807, 2.05) is 54.6 Å². The van der Waals surface area contributed by atoms with Gasteiger partial charge >= 0.3 is 0 Å². The summed E-state index contributed by atoms with van der Waals surface area (Å²) in [4.78, 5) is 0. The average Bonchev–Trinajstić information content (AvgIpc) is 3.47. The van der Waals surface area contributed by atoms with Crippen molar-refractivity contribution in [2.45, 2.75) is 63.2 Å². The fourth-order valence-corrected chi connectivity index (χ4v) is 6.11. The Balaban J connectivity index is 1.11. The van der Waals surface area contributed by atoms with Gasteiger partial charge < -0.3 is 28.4 Å². The Morgan fingerprint density at radius 2 is 0.978 bits per heavy atom. The van der Waals surface area contributed by atoms with E-state index in [1.165, 1.54) is 10.8 Å². The first kappa shape index (κ1) is 29.8. The first-order chi connectivity index (χ1) is 22.3. The molecule has 6 atom stereocenters. The normalized spacial score (nSPS) is 24.2. The van der Waals surface area contributed by atoms with Crippen LogP contribution in [0.5, 0.6) is 0 Å². The van der Waals surface area contributed by atoms with Crippen LogP contribution in [0.2, 0.25) is 0 Å². The van der Waals surface area contributed by atoms with Gasteiger partial charge in [0, 0.05) is 0 Å². The average molecular weight is 603 g/mol. The summed E-state index contributed by atoms with van der Waals surface area (Å²) >= 11 is 0. The highest BCUT2D eigenvalue weighted by Crippen LogP contribution is 2.38. The Morgan fingerprint density at radius 3 is 1.60 bits per heavy atom. The summed E-state index contributed by atoms with van der Waals surface area (Å²) in [5.74, 6) is 0. The lowest BCUT2D eigenvalue weighted by atomic mass is 9.97. The zero-order chi connectivity index (χ0) is 30.3. The molecule has 2 aliphatic rings. The molecule has 0 saturated carbocycles. The molecule has 0 unspecified atom stereocenters. The van der Waals surface area contributed by atoms with Gasteiger partial charge in [-0.25, -0.2) is 0 Å². The van der Waals surface area contributed by atoms with Crippen molar-refractivity contribution in [3.05, 3.63) is 156 Å². The molecular weight excluding hydrogens is 564 g/mol. The summed E-state index contributed by atoms with van der Waals surface area (Å²) in [7, 11) is 0. The Bertz CT molecular complexity index is 1630. The van der Waals surface area contributed by atoms with Crippen molar-refractivity contribution in [3.8, 4) is 0 Å². The third-order valence-electron chi connectivity index (χ3n) is 8.43. The van der Waals surface area contributed by atoms with Crippen LogP contribution in [0.15, 0.2) is 133 Å². The van der Waals surface area contributed by atoms with E-state index in [9.17, 15) is 0 Å². The van der Waals surface area contributed by atoms with Gasteiger partial charge in [0.15, 0.2) is 6.29 Å². The summed E-state index contributed by atoms with van der Waals surface area (Å²) in [5, 5.41) is 2.41. The zero-order valence-corrected chi connectivity index (χ0v) is 25.2. The van der Waals surface area contributed by atoms with Gasteiger partial charge in [-0.15, -0.1) is 0 Å². The van der Waals surface area contributed by atoms with Crippen LogP contribution in [0.1, 0.15) is 22.3 Å². The lowest BCUT2D eigenvalue weighted by molar-refractivity contribution is -0.268. The Hall–Kier alpha value is -3.88. The maximum Gasteiger partial charge on any atom is 0.187 e. The first-order valence-electron chi connectivity index (χ1n) is 15.6. The Kier molecular flexibility index (Phi) is 9.59. The van der Waals surface area contributed by atoms with Gasteiger partial charge in [0.2, 0.25) is 0 Å². The highest BCUT2D eigenvalue weighted by molar-refractivity contribution is 5.82. The molecule has 0 spiro atoms. The fourth-order valence-electron chi connectivity index (χ4n) is 6.11. The zero-order valence-electron chi connectivity index (χ0n) is 25.2. The quantitative estimate of drug-likeness (QED) is 0.142. The molecule has 2 heterocycles. The molecule has 2 bridgehead atoms. The minimum atomic E-state index is -0.606. The smallest absolute Gasteiger partial charge is 0.187 e. The lowest BCUT2D eigenvalue weighted by Crippen LogP contribution is -2.57. The Labute approximate surface area is 264 Å². The summed E-state index contributed by atoms with van der Waals surface area (Å²) in [6.45, 7) is 2.07. The number of fused-ring (bicyclic) bond motifs is 3. The van der Waals surface area contributed by atoms with E-state index in [1.54, 1.807) is 0 Å². The first-order valence-corrected chi connectivity index (χ1v) is 15.6. The van der Waals surface area contributed by atoms with Crippen LogP contribution >= 0.6 is 0 Å². The second-order valence-electron chi connectivity index (χ2n) is 11.6. The second kappa shape index (κ2) is 14.5. The molecule has 6 nitrogen and oxygen atoms in total. The monoisotopic (exact) mass is 602 g/mol. The van der Waals surface area contributed by atoms with E-state index < -0.39 is 24.6 Å². The second-order valence-corrected chi connectivity index (χ2v) is 11.6. The molecular formula is C39H38O6. The minimum Gasteiger partial charge on any atom is -0.374 e. The van der Waals surface area contributed by atoms with Crippen molar-refractivity contribution in [3.63, 3.8) is 0 Å². The van der Waals surface area contributed by atoms with Crippen LogP contribution in [0.4, 0.5) is 0 Å². The third-order valence-corrected chi connectivity index (χ3v) is 8.43. The van der Waals surface area contributed by atoms with Crippen LogP contribution in [0, 0.1) is 0 Å². The highest BCUT2D eigenvalue weighted by Gasteiger charge is 2.57. The van der Waals surface area contributed by atoms with Crippen LogP contribution in [0.3, 0.4) is 0 Å². The Morgan fingerprint density at radius 1 is 0.444 bits per heavy atom. The number of rotatable bonds is 13. The molecule has 6 heteroatoms. The molecule has 2 saturated heterocycles. The summed E-state index contributed by atoms with van der Waals surface area (Å²) in [5.41, 5.74) is 4.33. The van der Waals surface area contributed by atoms with Crippen LogP contribution in [-0.4, -0.2) is 43.4 Å². The molecule has 0 amide bonds. The molecule has 0 aliphatic carbocycles. The predicted molar refractivity (Wildman–Crippen MR) is 172 cm³/mol. The molecule has 230 valence electrons. The van der Waals surface area contributed by atoms with E-state index in [-0.39, 0.29) is 12.2 Å². The van der Waals surface area contributed by atoms with Gasteiger partial charge in [-0.3, -0.25) is 0 Å². The van der Waals surface area contributed by atoms with Crippen LogP contribution < -0.4 is 0 Å². The van der Waals surface area contributed by atoms with Crippen molar-refractivity contribution in [2.75, 3.05) is 6.61 Å². The third kappa shape index (κ3) is 7.34. The number of benzene rings is 5. The SMILES string of the molecule is c1ccc(CO[C@@H]2[C@H](OCc3ccccc3)[C@@H](OCc3ccccc3)[C@@H]3O[C@H]2[C@@H](COCc2ccc4ccccc4c2)O3)cc1. The summed E-state index contributed by atoms with van der Waals surface area (Å²) < 4.78 is 39.2. The van der Waals surface area contributed by atoms with E-state index in [2.05, 4.69) is 78.9 Å². The van der Waals surface area contributed by atoms with E-state index in [0.717, 1.165) is 22.3 Å². The van der Waals surface area contributed by atoms with E-state index >= 15 is 0 Å². The molecule has 2 fully saturated rings.